The standard InChI is InChI=1S/C14H14N2/c1-16-13-10-6-5-9-12(13)14(15)11-7-3-2-4-8-11/h2-10,15-16H,1H3. The third-order valence-electron chi connectivity index (χ3n) is 2.53. The largest absolute Gasteiger partial charge is 0.388 e. The minimum atomic E-state index is 0.547. The molecule has 0 amide bonds. The summed E-state index contributed by atoms with van der Waals surface area (Å²) in [4.78, 5) is 0. The molecular formula is C14H14N2. The maximum Gasteiger partial charge on any atom is 0.0705 e. The summed E-state index contributed by atoms with van der Waals surface area (Å²) in [5.41, 5.74) is 3.39. The van der Waals surface area contributed by atoms with Crippen molar-refractivity contribution in [1.29, 1.82) is 5.41 Å². The fraction of sp³-hybridized carbons (Fsp3) is 0.0714. The van der Waals surface area contributed by atoms with Gasteiger partial charge in [0.05, 0.1) is 5.71 Å². The molecule has 0 aliphatic rings. The Morgan fingerprint density at radius 3 is 2.25 bits per heavy atom. The SMILES string of the molecule is CNc1ccccc1C(=N)c1ccccc1. The van der Waals surface area contributed by atoms with Crippen molar-refractivity contribution in [3.05, 3.63) is 65.7 Å². The van der Waals surface area contributed by atoms with Crippen molar-refractivity contribution in [2.45, 2.75) is 0 Å². The molecule has 0 unspecified atom stereocenters. The van der Waals surface area contributed by atoms with Crippen LogP contribution >= 0.6 is 0 Å². The van der Waals surface area contributed by atoms with Crippen LogP contribution in [0.3, 0.4) is 0 Å². The van der Waals surface area contributed by atoms with Crippen molar-refractivity contribution < 1.29 is 0 Å². The molecule has 2 N–H and O–H groups in total. The van der Waals surface area contributed by atoms with Crippen LogP contribution in [0.2, 0.25) is 0 Å². The first-order valence-electron chi connectivity index (χ1n) is 5.24. The van der Waals surface area contributed by atoms with Gasteiger partial charge in [-0.05, 0) is 6.07 Å². The predicted octanol–water partition coefficient (Wildman–Crippen LogP) is 3.14. The van der Waals surface area contributed by atoms with E-state index >= 15 is 0 Å². The summed E-state index contributed by atoms with van der Waals surface area (Å²) in [5, 5.41) is 11.3. The van der Waals surface area contributed by atoms with E-state index in [1.54, 1.807) is 0 Å². The lowest BCUT2D eigenvalue weighted by molar-refractivity contribution is 1.43. The highest BCUT2D eigenvalue weighted by Crippen LogP contribution is 2.18. The van der Waals surface area contributed by atoms with Gasteiger partial charge in [0.25, 0.3) is 0 Å². The molecule has 0 saturated heterocycles. The lowest BCUT2D eigenvalue weighted by Gasteiger charge is -2.09. The van der Waals surface area contributed by atoms with Crippen molar-refractivity contribution in [2.75, 3.05) is 12.4 Å². The van der Waals surface area contributed by atoms with Crippen LogP contribution in [-0.2, 0) is 0 Å². The quantitative estimate of drug-likeness (QED) is 0.750. The molecule has 0 atom stereocenters. The van der Waals surface area contributed by atoms with E-state index in [1.807, 2.05) is 61.6 Å². The van der Waals surface area contributed by atoms with E-state index in [2.05, 4.69) is 5.32 Å². The van der Waals surface area contributed by atoms with Crippen molar-refractivity contribution in [2.24, 2.45) is 0 Å². The molecule has 0 aromatic heterocycles. The average Bonchev–Trinajstić information content (AvgIpc) is 2.39. The Balaban J connectivity index is 2.42. The summed E-state index contributed by atoms with van der Waals surface area (Å²) in [7, 11) is 1.87. The molecule has 2 aromatic rings. The summed E-state index contributed by atoms with van der Waals surface area (Å²) in [6.45, 7) is 0. The van der Waals surface area contributed by atoms with E-state index in [0.717, 1.165) is 16.8 Å². The van der Waals surface area contributed by atoms with Gasteiger partial charge in [0.2, 0.25) is 0 Å². The fourth-order valence-electron chi connectivity index (χ4n) is 1.68. The number of hydrogen-bond acceptors (Lipinski definition) is 2. The van der Waals surface area contributed by atoms with E-state index in [-0.39, 0.29) is 0 Å². The monoisotopic (exact) mass is 210 g/mol. The molecule has 0 radical (unpaired) electrons. The van der Waals surface area contributed by atoms with Gasteiger partial charge in [-0.3, -0.25) is 5.41 Å². The minimum Gasteiger partial charge on any atom is -0.388 e. The summed E-state index contributed by atoms with van der Waals surface area (Å²) in [6, 6.07) is 17.6. The van der Waals surface area contributed by atoms with Gasteiger partial charge in [0.1, 0.15) is 0 Å². The molecule has 2 aromatic carbocycles. The van der Waals surface area contributed by atoms with Gasteiger partial charge in [0, 0.05) is 23.9 Å². The molecular weight excluding hydrogens is 196 g/mol. The first-order chi connectivity index (χ1) is 7.83. The maximum absolute atomic E-state index is 8.17. The molecule has 0 spiro atoms. The Labute approximate surface area is 95.5 Å². The zero-order valence-corrected chi connectivity index (χ0v) is 9.20. The van der Waals surface area contributed by atoms with Crippen LogP contribution in [0.25, 0.3) is 0 Å². The van der Waals surface area contributed by atoms with Gasteiger partial charge in [-0.15, -0.1) is 0 Å². The third-order valence-corrected chi connectivity index (χ3v) is 2.53. The average molecular weight is 210 g/mol. The molecule has 0 saturated carbocycles. The highest BCUT2D eigenvalue weighted by Gasteiger charge is 2.07. The topological polar surface area (TPSA) is 35.9 Å². The summed E-state index contributed by atoms with van der Waals surface area (Å²) >= 11 is 0. The van der Waals surface area contributed by atoms with Crippen LogP contribution in [0, 0.1) is 5.41 Å². The smallest absolute Gasteiger partial charge is 0.0705 e. The second-order valence-electron chi connectivity index (χ2n) is 3.54. The highest BCUT2D eigenvalue weighted by molar-refractivity contribution is 6.13. The van der Waals surface area contributed by atoms with Crippen LogP contribution in [-0.4, -0.2) is 12.8 Å². The van der Waals surface area contributed by atoms with E-state index in [4.69, 9.17) is 5.41 Å². The number of hydrogen-bond donors (Lipinski definition) is 2. The molecule has 2 heteroatoms. The van der Waals surface area contributed by atoms with Crippen molar-refractivity contribution in [3.63, 3.8) is 0 Å². The van der Waals surface area contributed by atoms with E-state index < -0.39 is 0 Å². The molecule has 2 rings (SSSR count). The zero-order valence-electron chi connectivity index (χ0n) is 9.20. The van der Waals surface area contributed by atoms with Crippen molar-refractivity contribution >= 4 is 11.4 Å². The van der Waals surface area contributed by atoms with E-state index in [0.29, 0.717) is 5.71 Å². The molecule has 0 aliphatic carbocycles. The predicted molar refractivity (Wildman–Crippen MR) is 68.4 cm³/mol. The lowest BCUT2D eigenvalue weighted by atomic mass is 10.0. The molecule has 0 bridgehead atoms. The lowest BCUT2D eigenvalue weighted by Crippen LogP contribution is -2.05. The van der Waals surface area contributed by atoms with Gasteiger partial charge < -0.3 is 5.32 Å². The summed E-state index contributed by atoms with van der Waals surface area (Å²) in [6.07, 6.45) is 0. The first kappa shape index (κ1) is 10.4. The second kappa shape index (κ2) is 4.62. The molecule has 0 heterocycles. The normalized spacial score (nSPS) is 9.81. The minimum absolute atomic E-state index is 0.547. The number of nitrogens with one attached hydrogen (secondary N) is 2. The molecule has 16 heavy (non-hydrogen) atoms. The van der Waals surface area contributed by atoms with E-state index in [1.165, 1.54) is 0 Å². The zero-order chi connectivity index (χ0) is 11.4. The fourth-order valence-corrected chi connectivity index (χ4v) is 1.68. The van der Waals surface area contributed by atoms with Crippen molar-refractivity contribution in [1.82, 2.24) is 0 Å². The summed E-state index contributed by atoms with van der Waals surface area (Å²) < 4.78 is 0. The molecule has 0 aliphatic heterocycles. The Hall–Kier alpha value is -2.09. The maximum atomic E-state index is 8.17. The summed E-state index contributed by atoms with van der Waals surface area (Å²) in [5.74, 6) is 0. The van der Waals surface area contributed by atoms with Gasteiger partial charge >= 0.3 is 0 Å². The Morgan fingerprint density at radius 2 is 1.56 bits per heavy atom. The van der Waals surface area contributed by atoms with Gasteiger partial charge in [-0.25, -0.2) is 0 Å². The van der Waals surface area contributed by atoms with Crippen molar-refractivity contribution in [3.8, 4) is 0 Å². The third kappa shape index (κ3) is 1.96. The second-order valence-corrected chi connectivity index (χ2v) is 3.54. The van der Waals surface area contributed by atoms with Crippen LogP contribution < -0.4 is 5.32 Å². The number of para-hydroxylation sites is 1. The Kier molecular flexibility index (Phi) is 3.01. The molecule has 0 fully saturated rings. The number of benzene rings is 2. The van der Waals surface area contributed by atoms with Gasteiger partial charge in [-0.2, -0.15) is 0 Å². The molecule has 80 valence electrons. The Bertz CT molecular complexity index is 489. The van der Waals surface area contributed by atoms with Crippen LogP contribution in [0.15, 0.2) is 54.6 Å². The first-order valence-corrected chi connectivity index (χ1v) is 5.24. The number of rotatable bonds is 3. The Morgan fingerprint density at radius 1 is 0.938 bits per heavy atom. The van der Waals surface area contributed by atoms with Crippen LogP contribution in [0.1, 0.15) is 11.1 Å². The highest BCUT2D eigenvalue weighted by atomic mass is 14.8. The van der Waals surface area contributed by atoms with Gasteiger partial charge in [0.15, 0.2) is 0 Å². The van der Waals surface area contributed by atoms with Gasteiger partial charge in [-0.1, -0.05) is 48.5 Å². The van der Waals surface area contributed by atoms with Crippen LogP contribution in [0.4, 0.5) is 5.69 Å². The molecule has 2 nitrogen and oxygen atoms in total. The number of anilines is 1. The van der Waals surface area contributed by atoms with Crippen LogP contribution in [0.5, 0.6) is 0 Å². The van der Waals surface area contributed by atoms with E-state index in [9.17, 15) is 0 Å².